The summed E-state index contributed by atoms with van der Waals surface area (Å²) in [5.74, 6) is -0.859. The van der Waals surface area contributed by atoms with E-state index >= 15 is 0 Å². The molecule has 1 heterocycles. The van der Waals surface area contributed by atoms with Crippen LogP contribution in [0.25, 0.3) is 0 Å². The van der Waals surface area contributed by atoms with Gasteiger partial charge in [-0.3, -0.25) is 14.5 Å². The maximum Gasteiger partial charge on any atom is 0.222 e. The zero-order chi connectivity index (χ0) is 22.4. The predicted octanol–water partition coefficient (Wildman–Crippen LogP) is 4.65. The summed E-state index contributed by atoms with van der Waals surface area (Å²) in [7, 11) is 0. The zero-order valence-electron chi connectivity index (χ0n) is 17.3. The molecule has 0 aliphatic carbocycles. The monoisotopic (exact) mass is 465 g/mol. The standard InChI is InChI=1S/C23H26Cl2FN3O2/c1-15(30)28-20(16-7-9-17(24)10-8-16)13-22(31)27-14-21(29-11-2-3-12-29)23-18(25)5-4-6-19(23)26/h4-10,20-21H,2-3,11-14H2,1H3,(H,27,31)(H,28,30). The van der Waals surface area contributed by atoms with Crippen molar-refractivity contribution in [2.75, 3.05) is 19.6 Å². The lowest BCUT2D eigenvalue weighted by atomic mass is 10.0. The lowest BCUT2D eigenvalue weighted by molar-refractivity contribution is -0.123. The van der Waals surface area contributed by atoms with Crippen LogP contribution in [0.5, 0.6) is 0 Å². The fourth-order valence-electron chi connectivity index (χ4n) is 3.96. The van der Waals surface area contributed by atoms with Gasteiger partial charge in [-0.15, -0.1) is 0 Å². The van der Waals surface area contributed by atoms with Crippen molar-refractivity contribution in [3.8, 4) is 0 Å². The molecule has 1 aliphatic rings. The lowest BCUT2D eigenvalue weighted by Crippen LogP contribution is -2.39. The zero-order valence-corrected chi connectivity index (χ0v) is 18.8. The Morgan fingerprint density at radius 3 is 2.39 bits per heavy atom. The van der Waals surface area contributed by atoms with Gasteiger partial charge in [0.25, 0.3) is 0 Å². The highest BCUT2D eigenvalue weighted by Gasteiger charge is 2.28. The predicted molar refractivity (Wildman–Crippen MR) is 121 cm³/mol. The van der Waals surface area contributed by atoms with E-state index in [-0.39, 0.29) is 36.6 Å². The third kappa shape index (κ3) is 6.42. The number of carbonyl (C=O) groups is 2. The third-order valence-corrected chi connectivity index (χ3v) is 6.03. The summed E-state index contributed by atoms with van der Waals surface area (Å²) in [6.45, 7) is 3.28. The Morgan fingerprint density at radius 2 is 1.77 bits per heavy atom. The van der Waals surface area contributed by atoms with Crippen molar-refractivity contribution in [2.24, 2.45) is 0 Å². The van der Waals surface area contributed by atoms with Gasteiger partial charge < -0.3 is 10.6 Å². The van der Waals surface area contributed by atoms with Gasteiger partial charge >= 0.3 is 0 Å². The van der Waals surface area contributed by atoms with E-state index in [1.54, 1.807) is 36.4 Å². The van der Waals surface area contributed by atoms with Crippen LogP contribution in [0.4, 0.5) is 4.39 Å². The van der Waals surface area contributed by atoms with Crippen LogP contribution in [-0.4, -0.2) is 36.3 Å². The van der Waals surface area contributed by atoms with E-state index in [0.717, 1.165) is 31.5 Å². The summed E-state index contributed by atoms with van der Waals surface area (Å²) in [5, 5.41) is 6.64. The molecule has 2 unspecified atom stereocenters. The number of rotatable bonds is 8. The summed E-state index contributed by atoms with van der Waals surface area (Å²) >= 11 is 12.3. The summed E-state index contributed by atoms with van der Waals surface area (Å²) in [6, 6.07) is 10.8. The first kappa shape index (κ1) is 23.5. The average Bonchev–Trinajstić information content (AvgIpc) is 3.24. The van der Waals surface area contributed by atoms with E-state index in [4.69, 9.17) is 23.2 Å². The van der Waals surface area contributed by atoms with Crippen LogP contribution in [0.2, 0.25) is 10.0 Å². The third-order valence-electron chi connectivity index (χ3n) is 5.45. The summed E-state index contributed by atoms with van der Waals surface area (Å²) in [6.07, 6.45) is 2.11. The number of likely N-dealkylation sites (tertiary alicyclic amines) is 1. The number of nitrogens with one attached hydrogen (secondary N) is 2. The normalized spacial score (nSPS) is 16.0. The van der Waals surface area contributed by atoms with Gasteiger partial charge in [0.05, 0.1) is 18.5 Å². The first-order valence-corrected chi connectivity index (χ1v) is 11.1. The van der Waals surface area contributed by atoms with Crippen LogP contribution in [0.1, 0.15) is 49.4 Å². The van der Waals surface area contributed by atoms with Crippen LogP contribution >= 0.6 is 23.2 Å². The van der Waals surface area contributed by atoms with Gasteiger partial charge in [0.15, 0.2) is 0 Å². The summed E-state index contributed by atoms with van der Waals surface area (Å²) in [4.78, 5) is 26.6. The van der Waals surface area contributed by atoms with Crippen molar-refractivity contribution >= 4 is 35.0 Å². The number of carbonyl (C=O) groups excluding carboxylic acids is 2. The quantitative estimate of drug-likeness (QED) is 0.596. The molecule has 0 spiro atoms. The molecular weight excluding hydrogens is 440 g/mol. The second-order valence-electron chi connectivity index (χ2n) is 7.71. The number of hydrogen-bond donors (Lipinski definition) is 2. The van der Waals surface area contributed by atoms with E-state index in [2.05, 4.69) is 15.5 Å². The van der Waals surface area contributed by atoms with Crippen LogP contribution in [0.3, 0.4) is 0 Å². The highest BCUT2D eigenvalue weighted by Crippen LogP contribution is 2.32. The highest BCUT2D eigenvalue weighted by atomic mass is 35.5. The minimum absolute atomic E-state index is 0.0545. The van der Waals surface area contributed by atoms with Crippen molar-refractivity contribution < 1.29 is 14.0 Å². The molecule has 31 heavy (non-hydrogen) atoms. The Hall–Kier alpha value is -2.15. The second kappa shape index (κ2) is 10.9. The molecule has 1 saturated heterocycles. The smallest absolute Gasteiger partial charge is 0.222 e. The lowest BCUT2D eigenvalue weighted by Gasteiger charge is -2.29. The van der Waals surface area contributed by atoms with Gasteiger partial charge in [0, 0.05) is 29.1 Å². The molecule has 5 nitrogen and oxygen atoms in total. The molecule has 2 aromatic carbocycles. The van der Waals surface area contributed by atoms with Gasteiger partial charge in [0.2, 0.25) is 11.8 Å². The van der Waals surface area contributed by atoms with Crippen LogP contribution in [-0.2, 0) is 9.59 Å². The molecule has 2 aromatic rings. The Kier molecular flexibility index (Phi) is 8.29. The minimum atomic E-state index is -0.489. The molecule has 0 saturated carbocycles. The minimum Gasteiger partial charge on any atom is -0.354 e. The van der Waals surface area contributed by atoms with Crippen LogP contribution in [0, 0.1) is 5.82 Å². The maximum atomic E-state index is 14.6. The van der Waals surface area contributed by atoms with Crippen molar-refractivity contribution in [2.45, 2.75) is 38.3 Å². The largest absolute Gasteiger partial charge is 0.354 e. The molecular formula is C23H26Cl2FN3O2. The van der Waals surface area contributed by atoms with Crippen LogP contribution < -0.4 is 10.6 Å². The molecule has 3 rings (SSSR count). The Bertz CT molecular complexity index is 897. The van der Waals surface area contributed by atoms with E-state index in [1.165, 1.54) is 13.0 Å². The van der Waals surface area contributed by atoms with Crippen molar-refractivity contribution in [3.05, 3.63) is 69.5 Å². The molecule has 2 N–H and O–H groups in total. The molecule has 0 aromatic heterocycles. The van der Waals surface area contributed by atoms with Gasteiger partial charge in [-0.2, -0.15) is 0 Å². The Labute approximate surface area is 191 Å². The van der Waals surface area contributed by atoms with E-state index < -0.39 is 6.04 Å². The number of amides is 2. The fraction of sp³-hybridized carbons (Fsp3) is 0.391. The molecule has 166 valence electrons. The molecule has 2 amide bonds. The molecule has 2 atom stereocenters. The maximum absolute atomic E-state index is 14.6. The van der Waals surface area contributed by atoms with E-state index in [1.807, 2.05) is 0 Å². The van der Waals surface area contributed by atoms with Gasteiger partial charge in [-0.25, -0.2) is 4.39 Å². The number of hydrogen-bond acceptors (Lipinski definition) is 3. The summed E-state index contributed by atoms with van der Waals surface area (Å²) in [5.41, 5.74) is 1.19. The molecule has 1 fully saturated rings. The molecule has 8 heteroatoms. The highest BCUT2D eigenvalue weighted by molar-refractivity contribution is 6.31. The Morgan fingerprint density at radius 1 is 1.10 bits per heavy atom. The average molecular weight is 466 g/mol. The fourth-order valence-corrected chi connectivity index (χ4v) is 4.37. The Balaban J connectivity index is 1.72. The van der Waals surface area contributed by atoms with E-state index in [0.29, 0.717) is 15.6 Å². The van der Waals surface area contributed by atoms with Gasteiger partial charge in [0.1, 0.15) is 5.82 Å². The first-order valence-electron chi connectivity index (χ1n) is 10.3. The van der Waals surface area contributed by atoms with E-state index in [9.17, 15) is 14.0 Å². The SMILES string of the molecule is CC(=O)NC(CC(=O)NCC(c1c(F)cccc1Cl)N1CCCC1)c1ccc(Cl)cc1. The molecule has 0 radical (unpaired) electrons. The molecule has 0 bridgehead atoms. The van der Waals surface area contributed by atoms with Crippen molar-refractivity contribution in [3.63, 3.8) is 0 Å². The second-order valence-corrected chi connectivity index (χ2v) is 8.55. The number of benzene rings is 2. The van der Waals surface area contributed by atoms with Gasteiger partial charge in [-0.05, 0) is 55.8 Å². The van der Waals surface area contributed by atoms with Crippen LogP contribution in [0.15, 0.2) is 42.5 Å². The number of nitrogens with zero attached hydrogens (tertiary/aromatic N) is 1. The van der Waals surface area contributed by atoms with Gasteiger partial charge in [-0.1, -0.05) is 41.4 Å². The number of halogens is 3. The first-order chi connectivity index (χ1) is 14.8. The van der Waals surface area contributed by atoms with Crippen molar-refractivity contribution in [1.29, 1.82) is 0 Å². The van der Waals surface area contributed by atoms with Crippen molar-refractivity contribution in [1.82, 2.24) is 15.5 Å². The molecule has 1 aliphatic heterocycles. The summed E-state index contributed by atoms with van der Waals surface area (Å²) < 4.78 is 14.6. The topological polar surface area (TPSA) is 61.4 Å².